The van der Waals surface area contributed by atoms with Crippen molar-refractivity contribution < 1.29 is 22.4 Å². The summed E-state index contributed by atoms with van der Waals surface area (Å²) < 4.78 is 44.2. The van der Waals surface area contributed by atoms with Crippen LogP contribution in [0.2, 0.25) is 0 Å². The van der Waals surface area contributed by atoms with Crippen LogP contribution in [0.15, 0.2) is 40.8 Å². The van der Waals surface area contributed by atoms with Gasteiger partial charge in [0.15, 0.2) is 0 Å². The number of nitrogens with two attached hydrogens (primary N) is 2. The summed E-state index contributed by atoms with van der Waals surface area (Å²) in [4.78, 5) is 10.8. The van der Waals surface area contributed by atoms with E-state index in [0.717, 1.165) is 6.07 Å². The molecule has 0 aliphatic rings. The highest BCUT2D eigenvalue weighted by atomic mass is 19.4. The Hall–Kier alpha value is -2.28. The van der Waals surface area contributed by atoms with E-state index in [1.807, 2.05) is 0 Å². The SMILES string of the molecule is NC(=O)C[C@@H](N)c1ccc(-c2ccccc2C(F)(F)F)o1. The molecule has 1 atom stereocenters. The van der Waals surface area contributed by atoms with E-state index in [2.05, 4.69) is 0 Å². The standard InChI is InChI=1S/C14H13F3N2O2/c15-14(16,17)9-4-2-1-3-8(9)11-5-6-12(21-11)10(18)7-13(19)20/h1-6,10H,7,18H2,(H2,19,20)/t10-/m1/s1. The molecule has 0 spiro atoms. The average molecular weight is 298 g/mol. The van der Waals surface area contributed by atoms with Crippen molar-refractivity contribution in [2.45, 2.75) is 18.6 Å². The van der Waals surface area contributed by atoms with Crippen molar-refractivity contribution in [1.82, 2.24) is 0 Å². The molecular weight excluding hydrogens is 285 g/mol. The van der Waals surface area contributed by atoms with Crippen molar-refractivity contribution in [2.75, 3.05) is 0 Å². The third-order valence-electron chi connectivity index (χ3n) is 2.91. The Labute approximate surface area is 118 Å². The lowest BCUT2D eigenvalue weighted by Gasteiger charge is -2.11. The molecule has 112 valence electrons. The van der Waals surface area contributed by atoms with E-state index in [0.29, 0.717) is 0 Å². The van der Waals surface area contributed by atoms with E-state index >= 15 is 0 Å². The first-order valence-electron chi connectivity index (χ1n) is 6.09. The lowest BCUT2D eigenvalue weighted by atomic mass is 10.1. The lowest BCUT2D eigenvalue weighted by molar-refractivity contribution is -0.137. The van der Waals surface area contributed by atoms with E-state index in [1.165, 1.54) is 30.3 Å². The molecule has 0 bridgehead atoms. The van der Waals surface area contributed by atoms with Gasteiger partial charge in [-0.1, -0.05) is 18.2 Å². The molecular formula is C14H13F3N2O2. The van der Waals surface area contributed by atoms with Crippen molar-refractivity contribution in [1.29, 1.82) is 0 Å². The molecule has 4 nitrogen and oxygen atoms in total. The summed E-state index contributed by atoms with van der Waals surface area (Å²) in [6, 6.07) is 7.11. The summed E-state index contributed by atoms with van der Waals surface area (Å²) >= 11 is 0. The second-order valence-electron chi connectivity index (χ2n) is 4.52. The van der Waals surface area contributed by atoms with Crippen LogP contribution in [0.25, 0.3) is 11.3 Å². The molecule has 2 aromatic rings. The minimum Gasteiger partial charge on any atom is -0.459 e. The number of halogens is 3. The fourth-order valence-electron chi connectivity index (χ4n) is 1.96. The van der Waals surface area contributed by atoms with Gasteiger partial charge < -0.3 is 15.9 Å². The van der Waals surface area contributed by atoms with Crippen molar-refractivity contribution >= 4 is 5.91 Å². The third-order valence-corrected chi connectivity index (χ3v) is 2.91. The van der Waals surface area contributed by atoms with Gasteiger partial charge in [0, 0.05) is 12.0 Å². The minimum atomic E-state index is -4.49. The number of alkyl halides is 3. The quantitative estimate of drug-likeness (QED) is 0.910. The first-order chi connectivity index (χ1) is 9.79. The van der Waals surface area contributed by atoms with Crippen molar-refractivity contribution in [2.24, 2.45) is 11.5 Å². The molecule has 0 aliphatic carbocycles. The fraction of sp³-hybridized carbons (Fsp3) is 0.214. The molecule has 7 heteroatoms. The van der Waals surface area contributed by atoms with Crippen LogP contribution in [0.4, 0.5) is 13.2 Å². The monoisotopic (exact) mass is 298 g/mol. The molecule has 0 aliphatic heterocycles. The summed E-state index contributed by atoms with van der Waals surface area (Å²) in [5.74, 6) is -0.366. The highest BCUT2D eigenvalue weighted by molar-refractivity contribution is 5.74. The first-order valence-corrected chi connectivity index (χ1v) is 6.09. The summed E-state index contributed by atoms with van der Waals surface area (Å²) in [6.07, 6.45) is -4.63. The Morgan fingerprint density at radius 3 is 2.48 bits per heavy atom. The number of hydrogen-bond donors (Lipinski definition) is 2. The van der Waals surface area contributed by atoms with E-state index in [4.69, 9.17) is 15.9 Å². The topological polar surface area (TPSA) is 82.2 Å². The Kier molecular flexibility index (Phi) is 4.04. The van der Waals surface area contributed by atoms with E-state index in [-0.39, 0.29) is 23.5 Å². The summed E-state index contributed by atoms with van der Waals surface area (Å²) in [6.45, 7) is 0. The van der Waals surface area contributed by atoms with Crippen LogP contribution in [0.1, 0.15) is 23.8 Å². The molecule has 0 saturated heterocycles. The first kappa shape index (κ1) is 15.1. The van der Waals surface area contributed by atoms with Crippen LogP contribution in [-0.4, -0.2) is 5.91 Å². The molecule has 0 radical (unpaired) electrons. The summed E-state index contributed by atoms with van der Waals surface area (Å²) in [5.41, 5.74) is 9.84. The number of benzene rings is 1. The molecule has 1 aromatic heterocycles. The zero-order valence-corrected chi connectivity index (χ0v) is 10.9. The zero-order chi connectivity index (χ0) is 15.6. The molecule has 4 N–H and O–H groups in total. The predicted octanol–water partition coefficient (Wildman–Crippen LogP) is 2.84. The van der Waals surface area contributed by atoms with Gasteiger partial charge in [0.2, 0.25) is 5.91 Å². The van der Waals surface area contributed by atoms with Crippen LogP contribution in [0.5, 0.6) is 0 Å². The Morgan fingerprint density at radius 2 is 1.86 bits per heavy atom. The van der Waals surface area contributed by atoms with E-state index in [1.54, 1.807) is 0 Å². The van der Waals surface area contributed by atoms with E-state index in [9.17, 15) is 18.0 Å². The molecule has 2 rings (SSSR count). The number of hydrogen-bond acceptors (Lipinski definition) is 3. The number of furan rings is 1. The van der Waals surface area contributed by atoms with Gasteiger partial charge in [-0.05, 0) is 18.2 Å². The van der Waals surface area contributed by atoms with Crippen molar-refractivity contribution in [3.8, 4) is 11.3 Å². The second kappa shape index (κ2) is 5.61. The van der Waals surface area contributed by atoms with Gasteiger partial charge in [-0.3, -0.25) is 4.79 Å². The Bertz CT molecular complexity index is 650. The highest BCUT2D eigenvalue weighted by Crippen LogP contribution is 2.37. The lowest BCUT2D eigenvalue weighted by Crippen LogP contribution is -2.20. The van der Waals surface area contributed by atoms with Crippen LogP contribution >= 0.6 is 0 Å². The Balaban J connectivity index is 2.37. The summed E-state index contributed by atoms with van der Waals surface area (Å²) in [7, 11) is 0. The third kappa shape index (κ3) is 3.43. The summed E-state index contributed by atoms with van der Waals surface area (Å²) in [5, 5.41) is 0. The average Bonchev–Trinajstić information content (AvgIpc) is 2.86. The normalized spacial score (nSPS) is 13.1. The molecule has 1 amide bonds. The van der Waals surface area contributed by atoms with Gasteiger partial charge in [0.05, 0.1) is 11.6 Å². The molecule has 1 heterocycles. The molecule has 21 heavy (non-hydrogen) atoms. The fourth-order valence-corrected chi connectivity index (χ4v) is 1.96. The molecule has 0 saturated carbocycles. The van der Waals surface area contributed by atoms with Crippen molar-refractivity contribution in [3.63, 3.8) is 0 Å². The van der Waals surface area contributed by atoms with Gasteiger partial charge in [-0.2, -0.15) is 13.2 Å². The van der Waals surface area contributed by atoms with Gasteiger partial charge in [-0.25, -0.2) is 0 Å². The molecule has 0 fully saturated rings. The predicted molar refractivity (Wildman–Crippen MR) is 69.9 cm³/mol. The largest absolute Gasteiger partial charge is 0.459 e. The maximum Gasteiger partial charge on any atom is 0.417 e. The maximum atomic E-state index is 12.9. The number of rotatable bonds is 4. The molecule has 1 aromatic carbocycles. The van der Waals surface area contributed by atoms with Gasteiger partial charge in [0.25, 0.3) is 0 Å². The Morgan fingerprint density at radius 1 is 1.19 bits per heavy atom. The van der Waals surface area contributed by atoms with E-state index < -0.39 is 23.7 Å². The van der Waals surface area contributed by atoms with Gasteiger partial charge >= 0.3 is 6.18 Å². The maximum absolute atomic E-state index is 12.9. The smallest absolute Gasteiger partial charge is 0.417 e. The van der Waals surface area contributed by atoms with Gasteiger partial charge in [-0.15, -0.1) is 0 Å². The number of primary amides is 1. The van der Waals surface area contributed by atoms with Crippen molar-refractivity contribution in [3.05, 3.63) is 47.7 Å². The second-order valence-corrected chi connectivity index (χ2v) is 4.52. The van der Waals surface area contributed by atoms with Crippen LogP contribution in [0.3, 0.4) is 0 Å². The highest BCUT2D eigenvalue weighted by Gasteiger charge is 2.34. The van der Waals surface area contributed by atoms with Crippen LogP contribution < -0.4 is 11.5 Å². The zero-order valence-electron chi connectivity index (χ0n) is 10.9. The number of carbonyl (C=O) groups is 1. The minimum absolute atomic E-state index is 0.0397. The molecule has 0 unspecified atom stereocenters. The number of carbonyl (C=O) groups excluding carboxylic acids is 1. The number of amides is 1. The van der Waals surface area contributed by atoms with Crippen LogP contribution in [-0.2, 0) is 11.0 Å². The van der Waals surface area contributed by atoms with Crippen LogP contribution in [0, 0.1) is 0 Å². The van der Waals surface area contributed by atoms with Gasteiger partial charge in [0.1, 0.15) is 11.5 Å².